The summed E-state index contributed by atoms with van der Waals surface area (Å²) in [5.41, 5.74) is 4.31. The van der Waals surface area contributed by atoms with Gasteiger partial charge in [0, 0.05) is 49.2 Å². The summed E-state index contributed by atoms with van der Waals surface area (Å²) in [6.45, 7) is 9.52. The number of nitrogens with one attached hydrogen (secondary N) is 2. The van der Waals surface area contributed by atoms with Crippen LogP contribution < -0.4 is 15.5 Å². The van der Waals surface area contributed by atoms with Gasteiger partial charge in [-0.2, -0.15) is 5.26 Å². The van der Waals surface area contributed by atoms with Gasteiger partial charge in [-0.1, -0.05) is 18.2 Å². The Bertz CT molecular complexity index is 1650. The van der Waals surface area contributed by atoms with Crippen LogP contribution in [0.1, 0.15) is 48.2 Å². The van der Waals surface area contributed by atoms with Gasteiger partial charge in [-0.3, -0.25) is 9.69 Å². The summed E-state index contributed by atoms with van der Waals surface area (Å²) in [6.07, 6.45) is 5.88. The molecule has 6 rings (SSSR count). The van der Waals surface area contributed by atoms with E-state index in [0.717, 1.165) is 49.0 Å². The lowest BCUT2D eigenvalue weighted by molar-refractivity contribution is 0.102. The first kappa shape index (κ1) is 26.6. The molecular formula is C31H33N9O. The highest BCUT2D eigenvalue weighted by Crippen LogP contribution is 2.30. The smallest absolute Gasteiger partial charge is 0.255 e. The zero-order valence-electron chi connectivity index (χ0n) is 23.6. The van der Waals surface area contributed by atoms with Crippen molar-refractivity contribution in [2.24, 2.45) is 0 Å². The first-order valence-corrected chi connectivity index (χ1v) is 14.0. The van der Waals surface area contributed by atoms with Crippen LogP contribution in [0.5, 0.6) is 0 Å². The molecule has 41 heavy (non-hydrogen) atoms. The summed E-state index contributed by atoms with van der Waals surface area (Å²) in [5, 5.41) is 15.9. The molecule has 10 heteroatoms. The first-order chi connectivity index (χ1) is 19.8. The van der Waals surface area contributed by atoms with Crippen molar-refractivity contribution in [2.45, 2.75) is 45.1 Å². The van der Waals surface area contributed by atoms with Crippen molar-refractivity contribution in [2.75, 3.05) is 41.7 Å². The van der Waals surface area contributed by atoms with E-state index in [1.54, 1.807) is 24.4 Å². The predicted molar refractivity (Wildman–Crippen MR) is 159 cm³/mol. The molecule has 208 valence electrons. The Morgan fingerprint density at radius 1 is 1.05 bits per heavy atom. The van der Waals surface area contributed by atoms with Crippen LogP contribution in [0.15, 0.2) is 55.0 Å². The van der Waals surface area contributed by atoms with Gasteiger partial charge >= 0.3 is 0 Å². The Labute approximate surface area is 239 Å². The molecule has 2 aromatic heterocycles. The van der Waals surface area contributed by atoms with Gasteiger partial charge in [-0.05, 0) is 69.0 Å². The average Bonchev–Trinajstić information content (AvgIpc) is 3.85. The largest absolute Gasteiger partial charge is 0.338 e. The van der Waals surface area contributed by atoms with Crippen LogP contribution >= 0.6 is 0 Å². The number of anilines is 4. The van der Waals surface area contributed by atoms with Crippen LogP contribution in [0.4, 0.5) is 23.1 Å². The van der Waals surface area contributed by atoms with Crippen LogP contribution in [0.2, 0.25) is 0 Å². The van der Waals surface area contributed by atoms with Crippen molar-refractivity contribution in [3.63, 3.8) is 0 Å². The fraction of sp³-hybridized carbons (Fsp3) is 0.355. The SMILES string of the molecule is Cc1ccc(NC(=O)c2cccc(C(C)(C)C#N)c2)cc1Nc1ncnc2cnc(N3CCN(C4CC4)CC3)nc12. The average molecular weight is 548 g/mol. The Morgan fingerprint density at radius 2 is 1.85 bits per heavy atom. The number of hydrogen-bond acceptors (Lipinski definition) is 9. The Kier molecular flexibility index (Phi) is 6.97. The van der Waals surface area contributed by atoms with Crippen LogP contribution in [0.3, 0.4) is 0 Å². The Hall–Kier alpha value is -4.62. The van der Waals surface area contributed by atoms with Gasteiger partial charge in [0.15, 0.2) is 5.82 Å². The normalized spacial score (nSPS) is 15.9. The van der Waals surface area contributed by atoms with E-state index < -0.39 is 5.41 Å². The molecule has 4 aromatic rings. The molecule has 1 aliphatic carbocycles. The van der Waals surface area contributed by atoms with Gasteiger partial charge in [-0.25, -0.2) is 19.9 Å². The molecule has 1 amide bonds. The number of carbonyl (C=O) groups excluding carboxylic acids is 1. The molecule has 10 nitrogen and oxygen atoms in total. The highest BCUT2D eigenvalue weighted by molar-refractivity contribution is 6.04. The van der Waals surface area contributed by atoms with E-state index >= 15 is 0 Å². The first-order valence-electron chi connectivity index (χ1n) is 14.0. The van der Waals surface area contributed by atoms with Gasteiger partial charge in [0.1, 0.15) is 17.4 Å². The molecule has 0 spiro atoms. The van der Waals surface area contributed by atoms with Crippen molar-refractivity contribution in [3.05, 3.63) is 71.7 Å². The number of fused-ring (bicyclic) bond motifs is 1. The van der Waals surface area contributed by atoms with Crippen molar-refractivity contribution >= 4 is 40.1 Å². The Balaban J connectivity index is 1.22. The summed E-state index contributed by atoms with van der Waals surface area (Å²) < 4.78 is 0. The molecule has 2 aliphatic rings. The summed E-state index contributed by atoms with van der Waals surface area (Å²) in [5.74, 6) is 1.01. The second-order valence-electron chi connectivity index (χ2n) is 11.3. The maximum atomic E-state index is 13.1. The summed E-state index contributed by atoms with van der Waals surface area (Å²) in [4.78, 5) is 36.2. The second-order valence-corrected chi connectivity index (χ2v) is 11.3. The highest BCUT2D eigenvalue weighted by Gasteiger charge is 2.31. The number of aryl methyl sites for hydroxylation is 1. The lowest BCUT2D eigenvalue weighted by Gasteiger charge is -2.34. The fourth-order valence-corrected chi connectivity index (χ4v) is 5.09. The number of hydrogen-bond donors (Lipinski definition) is 2. The topological polar surface area (TPSA) is 123 Å². The van der Waals surface area contributed by atoms with Crippen molar-refractivity contribution in [1.82, 2.24) is 24.8 Å². The zero-order valence-corrected chi connectivity index (χ0v) is 23.6. The molecule has 1 saturated heterocycles. The van der Waals surface area contributed by atoms with E-state index in [0.29, 0.717) is 34.1 Å². The minimum atomic E-state index is -0.689. The minimum Gasteiger partial charge on any atom is -0.338 e. The number of benzene rings is 2. The van der Waals surface area contributed by atoms with Crippen molar-refractivity contribution in [1.29, 1.82) is 5.26 Å². The highest BCUT2D eigenvalue weighted by atomic mass is 16.1. The second kappa shape index (κ2) is 10.7. The quantitative estimate of drug-likeness (QED) is 0.335. The minimum absolute atomic E-state index is 0.248. The Morgan fingerprint density at radius 3 is 2.61 bits per heavy atom. The number of nitriles is 1. The monoisotopic (exact) mass is 547 g/mol. The molecular weight excluding hydrogens is 514 g/mol. The molecule has 2 N–H and O–H groups in total. The maximum absolute atomic E-state index is 13.1. The molecule has 0 atom stereocenters. The fourth-order valence-electron chi connectivity index (χ4n) is 5.09. The van der Waals surface area contributed by atoms with E-state index in [2.05, 4.69) is 41.5 Å². The molecule has 0 bridgehead atoms. The van der Waals surface area contributed by atoms with Gasteiger partial charge in [0.25, 0.3) is 5.91 Å². The van der Waals surface area contributed by atoms with E-state index in [4.69, 9.17) is 4.98 Å². The summed E-state index contributed by atoms with van der Waals surface area (Å²) in [7, 11) is 0. The van der Waals surface area contributed by atoms with Crippen molar-refractivity contribution in [3.8, 4) is 6.07 Å². The van der Waals surface area contributed by atoms with Crippen LogP contribution in [-0.2, 0) is 5.41 Å². The molecule has 3 heterocycles. The molecule has 1 saturated carbocycles. The van der Waals surface area contributed by atoms with Crippen LogP contribution in [-0.4, -0.2) is 63.0 Å². The maximum Gasteiger partial charge on any atom is 0.255 e. The lowest BCUT2D eigenvalue weighted by Crippen LogP contribution is -2.47. The zero-order chi connectivity index (χ0) is 28.6. The van der Waals surface area contributed by atoms with Gasteiger partial charge in [0.05, 0.1) is 17.7 Å². The number of nitrogens with zero attached hydrogens (tertiary/aromatic N) is 7. The molecule has 2 aromatic carbocycles. The molecule has 0 radical (unpaired) electrons. The van der Waals surface area contributed by atoms with E-state index in [1.165, 1.54) is 19.2 Å². The number of piperazine rings is 1. The molecule has 1 aliphatic heterocycles. The number of carbonyl (C=O) groups is 1. The number of rotatable bonds is 7. The van der Waals surface area contributed by atoms with E-state index in [1.807, 2.05) is 45.0 Å². The van der Waals surface area contributed by atoms with Crippen LogP contribution in [0, 0.1) is 18.3 Å². The number of aromatic nitrogens is 4. The predicted octanol–water partition coefficient (Wildman–Crippen LogP) is 4.81. The van der Waals surface area contributed by atoms with Crippen LogP contribution in [0.25, 0.3) is 11.0 Å². The summed E-state index contributed by atoms with van der Waals surface area (Å²) in [6, 6.07) is 15.9. The molecule has 0 unspecified atom stereocenters. The summed E-state index contributed by atoms with van der Waals surface area (Å²) >= 11 is 0. The van der Waals surface area contributed by atoms with Crippen molar-refractivity contribution < 1.29 is 4.79 Å². The third-order valence-corrected chi connectivity index (χ3v) is 7.90. The van der Waals surface area contributed by atoms with E-state index in [-0.39, 0.29) is 5.91 Å². The third kappa shape index (κ3) is 5.67. The lowest BCUT2D eigenvalue weighted by atomic mass is 9.85. The van der Waals surface area contributed by atoms with Gasteiger partial charge < -0.3 is 15.5 Å². The number of amides is 1. The van der Waals surface area contributed by atoms with Gasteiger partial charge in [0.2, 0.25) is 5.95 Å². The van der Waals surface area contributed by atoms with E-state index in [9.17, 15) is 10.1 Å². The third-order valence-electron chi connectivity index (χ3n) is 7.90. The van der Waals surface area contributed by atoms with Gasteiger partial charge in [-0.15, -0.1) is 0 Å². The standard InChI is InChI=1S/C31H33N9O/c1-20-7-8-23(36-29(41)21-5-4-6-22(15-21)31(2,3)18-32)16-25(20)37-28-27-26(34-19-35-28)17-33-30(38-27)40-13-11-39(12-14-40)24-9-10-24/h4-8,15-17,19,24H,9-14H2,1-3H3,(H,36,41)(H,34,35,37). The molecule has 2 fully saturated rings.